The fraction of sp³-hybridized carbons (Fsp3) is 0.588. The van der Waals surface area contributed by atoms with Gasteiger partial charge in [-0.05, 0) is 24.3 Å². The molecule has 4 rings (SSSR count). The van der Waals surface area contributed by atoms with Gasteiger partial charge in [0, 0.05) is 32.1 Å². The zero-order chi connectivity index (χ0) is 14.4. The molecule has 1 N–H and O–H groups in total. The number of likely N-dealkylation sites (tertiary alicyclic amines) is 2. The highest BCUT2D eigenvalue weighted by atomic mass is 16.3. The summed E-state index contributed by atoms with van der Waals surface area (Å²) >= 11 is 0. The van der Waals surface area contributed by atoms with E-state index >= 15 is 0 Å². The largest absolute Gasteiger partial charge is 0.383 e. The summed E-state index contributed by atoms with van der Waals surface area (Å²) in [7, 11) is 0. The normalized spacial score (nSPS) is 32.7. The topological polar surface area (TPSA) is 43.8 Å². The molecule has 3 fully saturated rings. The Balaban J connectivity index is 1.49. The van der Waals surface area contributed by atoms with Gasteiger partial charge in [-0.2, -0.15) is 0 Å². The Labute approximate surface area is 125 Å². The van der Waals surface area contributed by atoms with Gasteiger partial charge < -0.3 is 14.9 Å². The molecule has 3 aliphatic rings. The molecule has 0 spiro atoms. The minimum Gasteiger partial charge on any atom is -0.383 e. The molecule has 0 aromatic heterocycles. The molecule has 1 aromatic carbocycles. The predicted octanol–water partition coefficient (Wildman–Crippen LogP) is 1.10. The molecule has 2 aliphatic heterocycles. The highest BCUT2D eigenvalue weighted by molar-refractivity contribution is 5.84. The fourth-order valence-electron chi connectivity index (χ4n) is 3.84. The van der Waals surface area contributed by atoms with Crippen LogP contribution in [0.15, 0.2) is 30.3 Å². The van der Waals surface area contributed by atoms with E-state index in [-0.39, 0.29) is 17.9 Å². The molecule has 4 heteroatoms. The SMILES string of the molecule is O=C1[C@@H](O)[C@H]2CN(CC3CC3)C[C@H]2N1Cc1ccccc1. The number of aliphatic hydroxyl groups is 1. The van der Waals surface area contributed by atoms with Crippen LogP contribution in [-0.2, 0) is 11.3 Å². The summed E-state index contributed by atoms with van der Waals surface area (Å²) < 4.78 is 0. The molecule has 1 aromatic rings. The van der Waals surface area contributed by atoms with Gasteiger partial charge in [0.25, 0.3) is 5.91 Å². The number of aliphatic hydroxyl groups excluding tert-OH is 1. The Morgan fingerprint density at radius 2 is 1.90 bits per heavy atom. The number of benzene rings is 1. The lowest BCUT2D eigenvalue weighted by Gasteiger charge is -2.25. The van der Waals surface area contributed by atoms with Crippen LogP contribution < -0.4 is 0 Å². The highest BCUT2D eigenvalue weighted by Crippen LogP contribution is 2.37. The van der Waals surface area contributed by atoms with Crippen molar-refractivity contribution >= 4 is 5.91 Å². The Morgan fingerprint density at radius 3 is 2.62 bits per heavy atom. The molecule has 2 saturated heterocycles. The standard InChI is InChI=1S/C17H22N2O2/c20-16-14-10-18(8-13-6-7-13)11-15(14)19(17(16)21)9-12-4-2-1-3-5-12/h1-5,13-16,20H,6-11H2/t14-,15+,16-/m0/s1. The van der Waals surface area contributed by atoms with Gasteiger partial charge in [-0.15, -0.1) is 0 Å². The molecule has 3 atom stereocenters. The van der Waals surface area contributed by atoms with Crippen molar-refractivity contribution < 1.29 is 9.90 Å². The van der Waals surface area contributed by atoms with Crippen LogP contribution in [0.5, 0.6) is 0 Å². The van der Waals surface area contributed by atoms with Crippen molar-refractivity contribution in [2.75, 3.05) is 19.6 Å². The molecule has 21 heavy (non-hydrogen) atoms. The van der Waals surface area contributed by atoms with E-state index in [1.165, 1.54) is 12.8 Å². The smallest absolute Gasteiger partial charge is 0.252 e. The first-order chi connectivity index (χ1) is 10.2. The van der Waals surface area contributed by atoms with Crippen LogP contribution >= 0.6 is 0 Å². The van der Waals surface area contributed by atoms with E-state index < -0.39 is 6.10 Å². The lowest BCUT2D eigenvalue weighted by Crippen LogP contribution is -2.39. The molecule has 1 amide bonds. The van der Waals surface area contributed by atoms with E-state index in [4.69, 9.17) is 0 Å². The van der Waals surface area contributed by atoms with Crippen molar-refractivity contribution in [2.24, 2.45) is 11.8 Å². The van der Waals surface area contributed by atoms with Crippen LogP contribution in [0.2, 0.25) is 0 Å². The lowest BCUT2D eigenvalue weighted by atomic mass is 10.0. The second-order valence-corrected chi connectivity index (χ2v) is 6.79. The van der Waals surface area contributed by atoms with Crippen molar-refractivity contribution in [2.45, 2.75) is 31.5 Å². The number of hydrogen-bond acceptors (Lipinski definition) is 3. The molecule has 0 bridgehead atoms. The van der Waals surface area contributed by atoms with E-state index in [2.05, 4.69) is 4.90 Å². The first kappa shape index (κ1) is 13.3. The first-order valence-electron chi connectivity index (χ1n) is 7.97. The van der Waals surface area contributed by atoms with Crippen molar-refractivity contribution in [1.29, 1.82) is 0 Å². The summed E-state index contributed by atoms with van der Waals surface area (Å²) in [4.78, 5) is 16.7. The summed E-state index contributed by atoms with van der Waals surface area (Å²) in [6.45, 7) is 3.57. The number of carbonyl (C=O) groups is 1. The summed E-state index contributed by atoms with van der Waals surface area (Å²) in [5, 5.41) is 10.3. The first-order valence-corrected chi connectivity index (χ1v) is 7.97. The second-order valence-electron chi connectivity index (χ2n) is 6.79. The van der Waals surface area contributed by atoms with E-state index in [0.29, 0.717) is 6.54 Å². The number of fused-ring (bicyclic) bond motifs is 1. The van der Waals surface area contributed by atoms with E-state index in [9.17, 15) is 9.90 Å². The zero-order valence-electron chi connectivity index (χ0n) is 12.2. The van der Waals surface area contributed by atoms with Gasteiger partial charge in [0.15, 0.2) is 0 Å². The Kier molecular flexibility index (Phi) is 3.23. The van der Waals surface area contributed by atoms with Gasteiger partial charge >= 0.3 is 0 Å². The van der Waals surface area contributed by atoms with E-state index in [0.717, 1.165) is 31.1 Å². The molecule has 1 saturated carbocycles. The minimum absolute atomic E-state index is 0.0834. The number of nitrogens with zero attached hydrogens (tertiary/aromatic N) is 2. The van der Waals surface area contributed by atoms with Crippen molar-refractivity contribution in [3.63, 3.8) is 0 Å². The Bertz CT molecular complexity index is 529. The predicted molar refractivity (Wildman–Crippen MR) is 79.4 cm³/mol. The zero-order valence-corrected chi connectivity index (χ0v) is 12.2. The van der Waals surface area contributed by atoms with Gasteiger partial charge in [-0.25, -0.2) is 0 Å². The summed E-state index contributed by atoms with van der Waals surface area (Å²) in [5.74, 6) is 0.874. The summed E-state index contributed by atoms with van der Waals surface area (Å²) in [6.07, 6.45) is 1.89. The number of rotatable bonds is 4. The maximum Gasteiger partial charge on any atom is 0.252 e. The molecular formula is C17H22N2O2. The number of carbonyl (C=O) groups excluding carboxylic acids is 1. The van der Waals surface area contributed by atoms with Gasteiger partial charge in [-0.3, -0.25) is 4.79 Å². The van der Waals surface area contributed by atoms with E-state index in [1.807, 2.05) is 35.2 Å². The third kappa shape index (κ3) is 2.47. The summed E-state index contributed by atoms with van der Waals surface area (Å²) in [5.41, 5.74) is 1.14. The van der Waals surface area contributed by atoms with Crippen LogP contribution in [0.3, 0.4) is 0 Å². The monoisotopic (exact) mass is 286 g/mol. The third-order valence-corrected chi connectivity index (χ3v) is 5.16. The molecule has 2 heterocycles. The number of hydrogen-bond donors (Lipinski definition) is 1. The molecule has 0 radical (unpaired) electrons. The minimum atomic E-state index is -0.803. The van der Waals surface area contributed by atoms with Gasteiger partial charge in [-0.1, -0.05) is 30.3 Å². The summed E-state index contributed by atoms with van der Waals surface area (Å²) in [6, 6.07) is 10.3. The van der Waals surface area contributed by atoms with Gasteiger partial charge in [0.1, 0.15) is 6.10 Å². The van der Waals surface area contributed by atoms with Crippen molar-refractivity contribution in [3.8, 4) is 0 Å². The van der Waals surface area contributed by atoms with Gasteiger partial charge in [0.05, 0.1) is 6.04 Å². The van der Waals surface area contributed by atoms with E-state index in [1.54, 1.807) is 0 Å². The van der Waals surface area contributed by atoms with Crippen LogP contribution in [0.25, 0.3) is 0 Å². The Hall–Kier alpha value is -1.39. The highest BCUT2D eigenvalue weighted by Gasteiger charge is 2.51. The van der Waals surface area contributed by atoms with Crippen LogP contribution in [0.1, 0.15) is 18.4 Å². The van der Waals surface area contributed by atoms with Gasteiger partial charge in [0.2, 0.25) is 0 Å². The van der Waals surface area contributed by atoms with Crippen LogP contribution in [0.4, 0.5) is 0 Å². The molecule has 4 nitrogen and oxygen atoms in total. The Morgan fingerprint density at radius 1 is 1.14 bits per heavy atom. The molecular weight excluding hydrogens is 264 g/mol. The van der Waals surface area contributed by atoms with Crippen LogP contribution in [-0.4, -0.2) is 52.6 Å². The maximum absolute atomic E-state index is 12.3. The average molecular weight is 286 g/mol. The maximum atomic E-state index is 12.3. The lowest BCUT2D eigenvalue weighted by molar-refractivity contribution is -0.136. The van der Waals surface area contributed by atoms with Crippen molar-refractivity contribution in [1.82, 2.24) is 9.80 Å². The molecule has 112 valence electrons. The fourth-order valence-corrected chi connectivity index (χ4v) is 3.84. The average Bonchev–Trinajstić information content (AvgIpc) is 3.17. The third-order valence-electron chi connectivity index (χ3n) is 5.16. The number of amides is 1. The molecule has 0 unspecified atom stereocenters. The van der Waals surface area contributed by atoms with Crippen LogP contribution in [0, 0.1) is 11.8 Å². The quantitative estimate of drug-likeness (QED) is 0.901. The second kappa shape index (κ2) is 5.11. The molecule has 1 aliphatic carbocycles. The van der Waals surface area contributed by atoms with Crippen molar-refractivity contribution in [3.05, 3.63) is 35.9 Å².